The van der Waals surface area contributed by atoms with Gasteiger partial charge in [-0.2, -0.15) is 0 Å². The van der Waals surface area contributed by atoms with E-state index >= 15 is 0 Å². The van der Waals surface area contributed by atoms with Crippen molar-refractivity contribution in [3.63, 3.8) is 0 Å². The van der Waals surface area contributed by atoms with E-state index in [1.165, 1.54) is 12.1 Å². The minimum Gasteiger partial charge on any atom is -0.350 e. The van der Waals surface area contributed by atoms with Crippen molar-refractivity contribution < 1.29 is 9.59 Å². The van der Waals surface area contributed by atoms with Crippen LogP contribution in [0.3, 0.4) is 0 Å². The molecule has 2 aromatic carbocycles. The summed E-state index contributed by atoms with van der Waals surface area (Å²) in [5, 5.41) is 6.29. The highest BCUT2D eigenvalue weighted by Crippen LogP contribution is 2.20. The summed E-state index contributed by atoms with van der Waals surface area (Å²) in [6.45, 7) is 3.76. The molecular weight excluding hydrogens is 335 g/mol. The molecular formula is C17H16Cl2N2O2. The van der Waals surface area contributed by atoms with E-state index in [1.54, 1.807) is 30.3 Å². The molecule has 0 spiro atoms. The van der Waals surface area contributed by atoms with Crippen molar-refractivity contribution in [1.82, 2.24) is 5.32 Å². The number of benzene rings is 2. The molecule has 0 fully saturated rings. The van der Waals surface area contributed by atoms with Gasteiger partial charge < -0.3 is 10.6 Å². The van der Waals surface area contributed by atoms with Gasteiger partial charge in [0.05, 0.1) is 0 Å². The SMILES string of the molecule is CC(C)NC(=O)c1cccc(NC(=O)c2cc(Cl)cc(Cl)c2)c1. The third-order valence-corrected chi connectivity index (χ3v) is 3.36. The molecule has 6 heteroatoms. The lowest BCUT2D eigenvalue weighted by atomic mass is 10.1. The molecule has 2 aromatic rings. The smallest absolute Gasteiger partial charge is 0.255 e. The molecule has 0 heterocycles. The number of halogens is 2. The number of carbonyl (C=O) groups excluding carboxylic acids is 2. The quantitative estimate of drug-likeness (QED) is 0.859. The third-order valence-electron chi connectivity index (χ3n) is 2.93. The van der Waals surface area contributed by atoms with E-state index in [1.807, 2.05) is 13.8 Å². The molecule has 120 valence electrons. The summed E-state index contributed by atoms with van der Waals surface area (Å²) in [7, 11) is 0. The van der Waals surface area contributed by atoms with Gasteiger partial charge >= 0.3 is 0 Å². The van der Waals surface area contributed by atoms with E-state index in [0.29, 0.717) is 26.9 Å². The van der Waals surface area contributed by atoms with Crippen LogP contribution >= 0.6 is 23.2 Å². The Hall–Kier alpha value is -2.04. The van der Waals surface area contributed by atoms with Crippen molar-refractivity contribution in [2.45, 2.75) is 19.9 Å². The molecule has 23 heavy (non-hydrogen) atoms. The van der Waals surface area contributed by atoms with Crippen molar-refractivity contribution in [2.75, 3.05) is 5.32 Å². The average molecular weight is 351 g/mol. The average Bonchev–Trinajstić information content (AvgIpc) is 2.45. The van der Waals surface area contributed by atoms with Gasteiger partial charge in [-0.1, -0.05) is 29.3 Å². The topological polar surface area (TPSA) is 58.2 Å². The van der Waals surface area contributed by atoms with Crippen molar-refractivity contribution in [3.8, 4) is 0 Å². The molecule has 2 N–H and O–H groups in total. The monoisotopic (exact) mass is 350 g/mol. The molecule has 0 unspecified atom stereocenters. The molecule has 2 amide bonds. The molecule has 0 aliphatic rings. The van der Waals surface area contributed by atoms with E-state index in [-0.39, 0.29) is 17.9 Å². The minimum atomic E-state index is -0.351. The minimum absolute atomic E-state index is 0.0364. The van der Waals surface area contributed by atoms with Crippen LogP contribution in [-0.2, 0) is 0 Å². The Morgan fingerprint density at radius 1 is 0.913 bits per heavy atom. The van der Waals surface area contributed by atoms with Crippen LogP contribution in [0.4, 0.5) is 5.69 Å². The second-order valence-corrected chi connectivity index (χ2v) is 6.19. The molecule has 0 atom stereocenters. The van der Waals surface area contributed by atoms with Crippen molar-refractivity contribution >= 4 is 40.7 Å². The van der Waals surface area contributed by atoms with Gasteiger partial charge in [0.25, 0.3) is 11.8 Å². The van der Waals surface area contributed by atoms with Crippen LogP contribution < -0.4 is 10.6 Å². The van der Waals surface area contributed by atoms with Crippen LogP contribution in [0.5, 0.6) is 0 Å². The summed E-state index contributed by atoms with van der Waals surface area (Å²) in [4.78, 5) is 24.2. The van der Waals surface area contributed by atoms with E-state index in [4.69, 9.17) is 23.2 Å². The standard InChI is InChI=1S/C17H16Cl2N2O2/c1-10(2)20-16(22)11-4-3-5-15(8-11)21-17(23)12-6-13(18)9-14(19)7-12/h3-10H,1-2H3,(H,20,22)(H,21,23). The van der Waals surface area contributed by atoms with Gasteiger partial charge in [-0.3, -0.25) is 9.59 Å². The highest BCUT2D eigenvalue weighted by Gasteiger charge is 2.11. The first kappa shape index (κ1) is 17.3. The fourth-order valence-electron chi connectivity index (χ4n) is 1.97. The fraction of sp³-hybridized carbons (Fsp3) is 0.176. The fourth-order valence-corrected chi connectivity index (χ4v) is 2.50. The molecule has 0 bridgehead atoms. The van der Waals surface area contributed by atoms with E-state index in [2.05, 4.69) is 10.6 Å². The molecule has 2 rings (SSSR count). The Kier molecular flexibility index (Phi) is 5.64. The zero-order valence-corrected chi connectivity index (χ0v) is 14.2. The molecule has 0 saturated heterocycles. The highest BCUT2D eigenvalue weighted by atomic mass is 35.5. The Labute approximate surface area is 144 Å². The second kappa shape index (κ2) is 7.49. The van der Waals surface area contributed by atoms with Crippen LogP contribution in [0.15, 0.2) is 42.5 Å². The van der Waals surface area contributed by atoms with Crippen molar-refractivity contribution in [1.29, 1.82) is 0 Å². The summed E-state index contributed by atoms with van der Waals surface area (Å²) in [6.07, 6.45) is 0. The van der Waals surface area contributed by atoms with E-state index in [0.717, 1.165) is 0 Å². The zero-order valence-electron chi connectivity index (χ0n) is 12.7. The Balaban J connectivity index is 2.16. The van der Waals surface area contributed by atoms with Gasteiger partial charge in [0.15, 0.2) is 0 Å². The van der Waals surface area contributed by atoms with Gasteiger partial charge in [-0.25, -0.2) is 0 Å². The predicted molar refractivity (Wildman–Crippen MR) is 93.5 cm³/mol. The van der Waals surface area contributed by atoms with Gasteiger partial charge in [0.2, 0.25) is 0 Å². The maximum Gasteiger partial charge on any atom is 0.255 e. The summed E-state index contributed by atoms with van der Waals surface area (Å²) >= 11 is 11.8. The lowest BCUT2D eigenvalue weighted by Crippen LogP contribution is -2.30. The van der Waals surface area contributed by atoms with Gasteiger partial charge in [-0.15, -0.1) is 0 Å². The summed E-state index contributed by atoms with van der Waals surface area (Å²) in [5.74, 6) is -0.544. The Morgan fingerprint density at radius 2 is 1.57 bits per heavy atom. The molecule has 0 aliphatic carbocycles. The summed E-state index contributed by atoms with van der Waals surface area (Å²) in [5.41, 5.74) is 1.34. The highest BCUT2D eigenvalue weighted by molar-refractivity contribution is 6.35. The predicted octanol–water partition coefficient (Wildman–Crippen LogP) is 4.38. The number of nitrogens with one attached hydrogen (secondary N) is 2. The molecule has 0 radical (unpaired) electrons. The number of amides is 2. The molecule has 0 aromatic heterocycles. The van der Waals surface area contributed by atoms with Crippen LogP contribution in [-0.4, -0.2) is 17.9 Å². The van der Waals surface area contributed by atoms with Gasteiger partial charge in [0.1, 0.15) is 0 Å². The number of hydrogen-bond acceptors (Lipinski definition) is 2. The first-order chi connectivity index (χ1) is 10.8. The van der Waals surface area contributed by atoms with Crippen molar-refractivity contribution in [3.05, 3.63) is 63.6 Å². The van der Waals surface area contributed by atoms with Crippen LogP contribution in [0.25, 0.3) is 0 Å². The number of anilines is 1. The zero-order chi connectivity index (χ0) is 17.0. The number of carbonyl (C=O) groups is 2. The Bertz CT molecular complexity index is 725. The van der Waals surface area contributed by atoms with E-state index < -0.39 is 0 Å². The molecule has 0 saturated carbocycles. The van der Waals surface area contributed by atoms with Crippen molar-refractivity contribution in [2.24, 2.45) is 0 Å². The number of hydrogen-bond donors (Lipinski definition) is 2. The second-order valence-electron chi connectivity index (χ2n) is 5.32. The summed E-state index contributed by atoms with van der Waals surface area (Å²) in [6, 6.07) is 11.3. The largest absolute Gasteiger partial charge is 0.350 e. The third kappa shape index (κ3) is 4.98. The summed E-state index contributed by atoms with van der Waals surface area (Å²) < 4.78 is 0. The van der Waals surface area contributed by atoms with Gasteiger partial charge in [0, 0.05) is 32.9 Å². The maximum atomic E-state index is 12.2. The lowest BCUT2D eigenvalue weighted by molar-refractivity contribution is 0.0942. The molecule has 4 nitrogen and oxygen atoms in total. The van der Waals surface area contributed by atoms with E-state index in [9.17, 15) is 9.59 Å². The van der Waals surface area contributed by atoms with Gasteiger partial charge in [-0.05, 0) is 50.2 Å². The maximum absolute atomic E-state index is 12.2. The van der Waals surface area contributed by atoms with Crippen LogP contribution in [0.1, 0.15) is 34.6 Å². The normalized spacial score (nSPS) is 10.5. The van der Waals surface area contributed by atoms with Crippen LogP contribution in [0, 0.1) is 0 Å². The first-order valence-corrected chi connectivity index (χ1v) is 7.79. The number of rotatable bonds is 4. The van der Waals surface area contributed by atoms with Crippen LogP contribution in [0.2, 0.25) is 10.0 Å². The Morgan fingerprint density at radius 3 is 2.17 bits per heavy atom. The lowest BCUT2D eigenvalue weighted by Gasteiger charge is -2.10. The molecule has 0 aliphatic heterocycles. The first-order valence-electron chi connectivity index (χ1n) is 7.03.